The molecule has 3 aromatic rings. The Bertz CT molecular complexity index is 1020. The topological polar surface area (TPSA) is 68.3 Å². The van der Waals surface area contributed by atoms with Gasteiger partial charge in [-0.2, -0.15) is 13.2 Å². The van der Waals surface area contributed by atoms with Crippen molar-refractivity contribution in [3.05, 3.63) is 71.1 Å². The third-order valence-corrected chi connectivity index (χ3v) is 4.64. The van der Waals surface area contributed by atoms with Gasteiger partial charge in [-0.05, 0) is 25.1 Å². The van der Waals surface area contributed by atoms with E-state index in [1.54, 1.807) is 5.38 Å². The Labute approximate surface area is 168 Å². The molecule has 0 aliphatic carbocycles. The minimum atomic E-state index is -4.58. The van der Waals surface area contributed by atoms with Crippen LogP contribution in [0.3, 0.4) is 0 Å². The molecule has 1 N–H and O–H groups in total. The first-order chi connectivity index (χ1) is 13.7. The maximum Gasteiger partial charge on any atom is 0.416 e. The number of thiazole rings is 1. The van der Waals surface area contributed by atoms with E-state index >= 15 is 0 Å². The van der Waals surface area contributed by atoms with Crippen molar-refractivity contribution >= 4 is 28.3 Å². The smallest absolute Gasteiger partial charge is 0.416 e. The number of hydrogen-bond donors (Lipinski definition) is 1. The maximum atomic E-state index is 12.8. The van der Waals surface area contributed by atoms with E-state index in [2.05, 4.69) is 10.3 Å². The standard InChI is InChI=1S/C20H15F3N2O3S/c1-12(28-18(27)14-8-5-9-15(10-14)20(21,22)23)17(26)25-19-24-16(11-29-19)13-6-3-2-4-7-13/h2-12H,1H3,(H,24,25,26). The molecule has 0 aliphatic heterocycles. The van der Waals surface area contributed by atoms with Crippen molar-refractivity contribution in [2.45, 2.75) is 19.2 Å². The SMILES string of the molecule is CC(OC(=O)c1cccc(C(F)(F)F)c1)C(=O)Nc1nc(-c2ccccc2)cs1. The van der Waals surface area contributed by atoms with Gasteiger partial charge >= 0.3 is 12.1 Å². The van der Waals surface area contributed by atoms with Gasteiger partial charge in [0, 0.05) is 10.9 Å². The van der Waals surface area contributed by atoms with Gasteiger partial charge in [-0.25, -0.2) is 9.78 Å². The summed E-state index contributed by atoms with van der Waals surface area (Å²) in [5, 5.41) is 4.62. The first-order valence-electron chi connectivity index (χ1n) is 8.44. The zero-order chi connectivity index (χ0) is 21.0. The first-order valence-corrected chi connectivity index (χ1v) is 9.32. The Hall–Kier alpha value is -3.20. The van der Waals surface area contributed by atoms with Crippen LogP contribution in [0, 0.1) is 0 Å². The lowest BCUT2D eigenvalue weighted by Crippen LogP contribution is -2.30. The quantitative estimate of drug-likeness (QED) is 0.589. The summed E-state index contributed by atoms with van der Waals surface area (Å²) in [5.74, 6) is -1.66. The van der Waals surface area contributed by atoms with Crippen LogP contribution in [0.25, 0.3) is 11.3 Å². The van der Waals surface area contributed by atoms with Crippen LogP contribution in [0.4, 0.5) is 18.3 Å². The van der Waals surface area contributed by atoms with Crippen molar-refractivity contribution in [3.63, 3.8) is 0 Å². The number of alkyl halides is 3. The molecule has 0 spiro atoms. The summed E-state index contributed by atoms with van der Waals surface area (Å²) in [6.07, 6.45) is -5.80. The number of hydrogen-bond acceptors (Lipinski definition) is 5. The van der Waals surface area contributed by atoms with Crippen molar-refractivity contribution in [2.75, 3.05) is 5.32 Å². The average Bonchev–Trinajstić information content (AvgIpc) is 3.16. The number of carbonyl (C=O) groups excluding carboxylic acids is 2. The van der Waals surface area contributed by atoms with E-state index in [0.717, 1.165) is 17.7 Å². The summed E-state index contributed by atoms with van der Waals surface area (Å²) in [7, 11) is 0. The van der Waals surface area contributed by atoms with E-state index in [4.69, 9.17) is 4.74 Å². The van der Waals surface area contributed by atoms with Crippen LogP contribution in [0.5, 0.6) is 0 Å². The van der Waals surface area contributed by atoms with Gasteiger partial charge in [0.2, 0.25) is 0 Å². The number of halogens is 3. The molecule has 1 atom stereocenters. The van der Waals surface area contributed by atoms with Gasteiger partial charge in [0.25, 0.3) is 5.91 Å². The highest BCUT2D eigenvalue weighted by Crippen LogP contribution is 2.30. The molecule has 150 valence electrons. The number of anilines is 1. The first kappa shape index (κ1) is 20.5. The van der Waals surface area contributed by atoms with Gasteiger partial charge in [0.15, 0.2) is 11.2 Å². The van der Waals surface area contributed by atoms with E-state index in [1.165, 1.54) is 24.3 Å². The Kier molecular flexibility index (Phi) is 5.97. The summed E-state index contributed by atoms with van der Waals surface area (Å²) in [6, 6.07) is 13.2. The number of rotatable bonds is 5. The minimum Gasteiger partial charge on any atom is -0.449 e. The van der Waals surface area contributed by atoms with Crippen LogP contribution in [-0.2, 0) is 15.7 Å². The average molecular weight is 420 g/mol. The molecular formula is C20H15F3N2O3S. The van der Waals surface area contributed by atoms with Crippen LogP contribution in [-0.4, -0.2) is 23.0 Å². The fourth-order valence-electron chi connectivity index (χ4n) is 2.38. The van der Waals surface area contributed by atoms with Crippen molar-refractivity contribution in [2.24, 2.45) is 0 Å². The molecule has 0 saturated heterocycles. The second kappa shape index (κ2) is 8.44. The van der Waals surface area contributed by atoms with Gasteiger partial charge in [0.1, 0.15) is 0 Å². The Balaban J connectivity index is 1.62. The molecule has 0 radical (unpaired) electrons. The van der Waals surface area contributed by atoms with Crippen LogP contribution in [0.2, 0.25) is 0 Å². The van der Waals surface area contributed by atoms with E-state index in [9.17, 15) is 22.8 Å². The number of benzene rings is 2. The van der Waals surface area contributed by atoms with Gasteiger partial charge in [-0.3, -0.25) is 10.1 Å². The molecule has 1 aromatic heterocycles. The summed E-state index contributed by atoms with van der Waals surface area (Å²) >= 11 is 1.20. The number of carbonyl (C=O) groups is 2. The summed E-state index contributed by atoms with van der Waals surface area (Å²) in [4.78, 5) is 28.6. The molecule has 1 heterocycles. The van der Waals surface area contributed by atoms with E-state index < -0.39 is 29.7 Å². The summed E-state index contributed by atoms with van der Waals surface area (Å²) in [6.45, 7) is 1.33. The monoisotopic (exact) mass is 420 g/mol. The lowest BCUT2D eigenvalue weighted by molar-refractivity contribution is -0.137. The minimum absolute atomic E-state index is 0.292. The Morgan fingerprint density at radius 2 is 1.83 bits per heavy atom. The number of ether oxygens (including phenoxy) is 1. The Morgan fingerprint density at radius 3 is 2.52 bits per heavy atom. The number of aromatic nitrogens is 1. The molecule has 9 heteroatoms. The second-order valence-electron chi connectivity index (χ2n) is 6.02. The molecule has 5 nitrogen and oxygen atoms in total. The number of nitrogens with zero attached hydrogens (tertiary/aromatic N) is 1. The molecule has 2 aromatic carbocycles. The van der Waals surface area contributed by atoms with Gasteiger partial charge in [0.05, 0.1) is 16.8 Å². The lowest BCUT2D eigenvalue weighted by atomic mass is 10.1. The van der Waals surface area contributed by atoms with Crippen molar-refractivity contribution in [3.8, 4) is 11.3 Å². The van der Waals surface area contributed by atoms with Crippen LogP contribution in [0.1, 0.15) is 22.8 Å². The predicted octanol–water partition coefficient (Wildman–Crippen LogP) is 5.01. The number of esters is 1. The highest BCUT2D eigenvalue weighted by molar-refractivity contribution is 7.14. The zero-order valence-corrected chi connectivity index (χ0v) is 15.9. The van der Waals surface area contributed by atoms with Crippen LogP contribution in [0.15, 0.2) is 60.0 Å². The summed E-state index contributed by atoms with van der Waals surface area (Å²) in [5.41, 5.74) is 0.299. The Morgan fingerprint density at radius 1 is 1.10 bits per heavy atom. The normalized spacial score (nSPS) is 12.3. The van der Waals surface area contributed by atoms with Crippen molar-refractivity contribution in [1.82, 2.24) is 4.98 Å². The summed E-state index contributed by atoms with van der Waals surface area (Å²) < 4.78 is 43.3. The highest BCUT2D eigenvalue weighted by Gasteiger charge is 2.31. The number of nitrogens with one attached hydrogen (secondary N) is 1. The molecule has 0 fully saturated rings. The fraction of sp³-hybridized carbons (Fsp3) is 0.150. The van der Waals surface area contributed by atoms with Gasteiger partial charge in [-0.15, -0.1) is 11.3 Å². The van der Waals surface area contributed by atoms with Gasteiger partial charge in [-0.1, -0.05) is 36.4 Å². The van der Waals surface area contributed by atoms with Crippen molar-refractivity contribution in [1.29, 1.82) is 0 Å². The number of amides is 1. The third-order valence-electron chi connectivity index (χ3n) is 3.88. The molecule has 3 rings (SSSR count). The predicted molar refractivity (Wildman–Crippen MR) is 103 cm³/mol. The third kappa shape index (κ3) is 5.20. The second-order valence-corrected chi connectivity index (χ2v) is 6.88. The molecule has 1 amide bonds. The van der Waals surface area contributed by atoms with Crippen molar-refractivity contribution < 1.29 is 27.5 Å². The molecule has 0 aliphatic rings. The molecule has 0 saturated carbocycles. The molecule has 1 unspecified atom stereocenters. The van der Waals surface area contributed by atoms with Gasteiger partial charge < -0.3 is 4.74 Å². The molecule has 29 heavy (non-hydrogen) atoms. The van der Waals surface area contributed by atoms with Crippen LogP contribution < -0.4 is 5.32 Å². The largest absolute Gasteiger partial charge is 0.449 e. The lowest BCUT2D eigenvalue weighted by Gasteiger charge is -2.13. The fourth-order valence-corrected chi connectivity index (χ4v) is 3.11. The highest BCUT2D eigenvalue weighted by atomic mass is 32.1. The van der Waals surface area contributed by atoms with Crippen LogP contribution >= 0.6 is 11.3 Å². The zero-order valence-electron chi connectivity index (χ0n) is 15.1. The van der Waals surface area contributed by atoms with E-state index in [-0.39, 0.29) is 5.56 Å². The maximum absolute atomic E-state index is 12.8. The molecule has 0 bridgehead atoms. The molecular weight excluding hydrogens is 405 g/mol. The van der Waals surface area contributed by atoms with E-state index in [0.29, 0.717) is 16.9 Å². The van der Waals surface area contributed by atoms with E-state index in [1.807, 2.05) is 30.3 Å².